The van der Waals surface area contributed by atoms with Gasteiger partial charge in [0.05, 0.1) is 29.2 Å². The van der Waals surface area contributed by atoms with Crippen molar-refractivity contribution in [2.45, 2.75) is 43.7 Å². The summed E-state index contributed by atoms with van der Waals surface area (Å²) in [5.41, 5.74) is 0.544. The molecule has 0 saturated heterocycles. The van der Waals surface area contributed by atoms with Gasteiger partial charge in [0.1, 0.15) is 13.2 Å². The summed E-state index contributed by atoms with van der Waals surface area (Å²) < 4.78 is 41.6. The predicted molar refractivity (Wildman–Crippen MR) is 122 cm³/mol. The molecule has 2 aromatic rings. The molecule has 178 valence electrons. The van der Waals surface area contributed by atoms with Crippen molar-refractivity contribution in [3.63, 3.8) is 0 Å². The normalized spacial score (nSPS) is 13.9. The fourth-order valence-corrected chi connectivity index (χ4v) is 4.82. The molecule has 33 heavy (non-hydrogen) atoms. The first-order valence-corrected chi connectivity index (χ1v) is 12.5. The first-order valence-electron chi connectivity index (χ1n) is 10.5. The van der Waals surface area contributed by atoms with E-state index in [2.05, 4.69) is 5.32 Å². The average molecular weight is 496 g/mol. The molecule has 0 radical (unpaired) electrons. The number of halogens is 1. The molecule has 3 rings (SSSR count). The standard InChI is InChI=1S/C23H26ClNO7S/c1-15(2)32-23(27)14-19(17-5-3-4-6-18(17)24)25-22(26)9-12-33(28,29)16-7-8-20-21(13-16)31-11-10-30-20/h3-8,13,15,19H,9-12,14H2,1-2H3,(H,25,26). The third-order valence-electron chi connectivity index (χ3n) is 4.82. The molecule has 0 aromatic heterocycles. The maximum atomic E-state index is 12.8. The van der Waals surface area contributed by atoms with Crippen LogP contribution in [0.25, 0.3) is 0 Å². The molecule has 1 heterocycles. The predicted octanol–water partition coefficient (Wildman–Crippen LogP) is 3.47. The van der Waals surface area contributed by atoms with E-state index in [0.717, 1.165) is 0 Å². The van der Waals surface area contributed by atoms with Crippen molar-refractivity contribution in [2.24, 2.45) is 0 Å². The molecule has 0 bridgehead atoms. The molecule has 0 fully saturated rings. The molecule has 1 N–H and O–H groups in total. The minimum atomic E-state index is -3.75. The van der Waals surface area contributed by atoms with E-state index in [1.807, 2.05) is 0 Å². The van der Waals surface area contributed by atoms with E-state index in [0.29, 0.717) is 35.3 Å². The van der Waals surface area contributed by atoms with Crippen LogP contribution in [0.5, 0.6) is 11.5 Å². The Morgan fingerprint density at radius 2 is 1.79 bits per heavy atom. The van der Waals surface area contributed by atoms with Crippen LogP contribution >= 0.6 is 11.6 Å². The summed E-state index contributed by atoms with van der Waals surface area (Å²) in [6, 6.07) is 10.4. The molecule has 1 amide bonds. The highest BCUT2D eigenvalue weighted by atomic mass is 35.5. The molecule has 0 aliphatic carbocycles. The van der Waals surface area contributed by atoms with Crippen molar-refractivity contribution in [3.8, 4) is 11.5 Å². The molecule has 8 nitrogen and oxygen atoms in total. The summed E-state index contributed by atoms with van der Waals surface area (Å²) in [5, 5.41) is 3.10. The van der Waals surface area contributed by atoms with Gasteiger partial charge in [-0.25, -0.2) is 8.42 Å². The number of sulfone groups is 1. The van der Waals surface area contributed by atoms with E-state index >= 15 is 0 Å². The van der Waals surface area contributed by atoms with Crippen LogP contribution in [-0.2, 0) is 24.2 Å². The van der Waals surface area contributed by atoms with Crippen molar-refractivity contribution in [1.29, 1.82) is 0 Å². The maximum absolute atomic E-state index is 12.8. The Hall–Kier alpha value is -2.78. The number of nitrogens with one attached hydrogen (secondary N) is 1. The van der Waals surface area contributed by atoms with Crippen molar-refractivity contribution in [3.05, 3.63) is 53.1 Å². The quantitative estimate of drug-likeness (QED) is 0.530. The van der Waals surface area contributed by atoms with Crippen molar-refractivity contribution in [1.82, 2.24) is 5.32 Å². The zero-order valence-electron chi connectivity index (χ0n) is 18.4. The molecule has 1 atom stereocenters. The second kappa shape index (κ2) is 10.9. The van der Waals surface area contributed by atoms with Gasteiger partial charge in [0.2, 0.25) is 5.91 Å². The van der Waals surface area contributed by atoms with Crippen LogP contribution in [0.1, 0.15) is 38.3 Å². The maximum Gasteiger partial charge on any atom is 0.308 e. The molecule has 10 heteroatoms. The summed E-state index contributed by atoms with van der Waals surface area (Å²) >= 11 is 6.26. The lowest BCUT2D eigenvalue weighted by Crippen LogP contribution is -2.32. The summed E-state index contributed by atoms with van der Waals surface area (Å²) in [5.74, 6) is -0.606. The highest BCUT2D eigenvalue weighted by Gasteiger charge is 2.24. The summed E-state index contributed by atoms with van der Waals surface area (Å²) in [6.07, 6.45) is -0.740. The second-order valence-electron chi connectivity index (χ2n) is 7.76. The van der Waals surface area contributed by atoms with E-state index in [1.54, 1.807) is 38.1 Å². The van der Waals surface area contributed by atoms with Gasteiger partial charge in [-0.05, 0) is 37.6 Å². The number of fused-ring (bicyclic) bond motifs is 1. The number of benzene rings is 2. The SMILES string of the molecule is CC(C)OC(=O)CC(NC(=O)CCS(=O)(=O)c1ccc2c(c1)OCCO2)c1ccccc1Cl. The molecule has 0 spiro atoms. The average Bonchev–Trinajstić information content (AvgIpc) is 2.77. The number of amides is 1. The van der Waals surface area contributed by atoms with Crippen LogP contribution in [0, 0.1) is 0 Å². The Morgan fingerprint density at radius 1 is 1.09 bits per heavy atom. The van der Waals surface area contributed by atoms with Crippen molar-refractivity contribution in [2.75, 3.05) is 19.0 Å². The molecular formula is C23H26ClNO7S. The van der Waals surface area contributed by atoms with Gasteiger partial charge in [-0.1, -0.05) is 29.8 Å². The van der Waals surface area contributed by atoms with E-state index < -0.39 is 33.5 Å². The minimum absolute atomic E-state index is 0.0442. The molecule has 2 aromatic carbocycles. The fourth-order valence-electron chi connectivity index (χ4n) is 3.30. The fraction of sp³-hybridized carbons (Fsp3) is 0.391. The van der Waals surface area contributed by atoms with Gasteiger partial charge in [-0.3, -0.25) is 9.59 Å². The highest BCUT2D eigenvalue weighted by molar-refractivity contribution is 7.91. The topological polar surface area (TPSA) is 108 Å². The minimum Gasteiger partial charge on any atom is -0.486 e. The number of hydrogen-bond acceptors (Lipinski definition) is 7. The van der Waals surface area contributed by atoms with Gasteiger partial charge in [-0.15, -0.1) is 0 Å². The van der Waals surface area contributed by atoms with Crippen LogP contribution in [-0.4, -0.2) is 45.4 Å². The zero-order chi connectivity index (χ0) is 24.0. The third-order valence-corrected chi connectivity index (χ3v) is 6.88. The molecular weight excluding hydrogens is 470 g/mol. The summed E-state index contributed by atoms with van der Waals surface area (Å²) in [4.78, 5) is 24.9. The second-order valence-corrected chi connectivity index (χ2v) is 10.3. The van der Waals surface area contributed by atoms with Crippen LogP contribution in [0.4, 0.5) is 0 Å². The Balaban J connectivity index is 1.68. The third kappa shape index (κ3) is 6.85. The number of rotatable bonds is 9. The van der Waals surface area contributed by atoms with E-state index in [4.69, 9.17) is 25.8 Å². The van der Waals surface area contributed by atoms with E-state index in [1.165, 1.54) is 18.2 Å². The van der Waals surface area contributed by atoms with Gasteiger partial charge in [-0.2, -0.15) is 0 Å². The van der Waals surface area contributed by atoms with Crippen LogP contribution in [0.2, 0.25) is 5.02 Å². The van der Waals surface area contributed by atoms with Gasteiger partial charge in [0, 0.05) is 17.5 Å². The lowest BCUT2D eigenvalue weighted by atomic mass is 10.0. The molecule has 1 aliphatic heterocycles. The Morgan fingerprint density at radius 3 is 2.48 bits per heavy atom. The van der Waals surface area contributed by atoms with E-state index in [-0.39, 0.29) is 23.8 Å². The van der Waals surface area contributed by atoms with Gasteiger partial charge in [0.15, 0.2) is 21.3 Å². The lowest BCUT2D eigenvalue weighted by Gasteiger charge is -2.21. The number of carbonyl (C=O) groups is 2. The van der Waals surface area contributed by atoms with Crippen LogP contribution in [0.3, 0.4) is 0 Å². The molecule has 1 aliphatic rings. The lowest BCUT2D eigenvalue weighted by molar-refractivity contribution is -0.148. The van der Waals surface area contributed by atoms with Gasteiger partial charge < -0.3 is 19.5 Å². The summed E-state index contributed by atoms with van der Waals surface area (Å²) in [6.45, 7) is 4.19. The van der Waals surface area contributed by atoms with Crippen LogP contribution < -0.4 is 14.8 Å². The number of esters is 1. The van der Waals surface area contributed by atoms with Gasteiger partial charge >= 0.3 is 5.97 Å². The summed E-state index contributed by atoms with van der Waals surface area (Å²) in [7, 11) is -3.75. The van der Waals surface area contributed by atoms with Crippen LogP contribution in [0.15, 0.2) is 47.4 Å². The Labute approximate surface area is 198 Å². The number of carbonyl (C=O) groups excluding carboxylic acids is 2. The van der Waals surface area contributed by atoms with Crippen molar-refractivity contribution < 1.29 is 32.2 Å². The van der Waals surface area contributed by atoms with Gasteiger partial charge in [0.25, 0.3) is 0 Å². The highest BCUT2D eigenvalue weighted by Crippen LogP contribution is 2.32. The smallest absolute Gasteiger partial charge is 0.308 e. The molecule has 1 unspecified atom stereocenters. The number of hydrogen-bond donors (Lipinski definition) is 1. The van der Waals surface area contributed by atoms with Crippen molar-refractivity contribution >= 4 is 33.3 Å². The zero-order valence-corrected chi connectivity index (χ0v) is 19.9. The Bertz CT molecular complexity index is 1120. The number of ether oxygens (including phenoxy) is 3. The monoisotopic (exact) mass is 495 g/mol. The first-order chi connectivity index (χ1) is 15.7. The largest absolute Gasteiger partial charge is 0.486 e. The van der Waals surface area contributed by atoms with E-state index in [9.17, 15) is 18.0 Å². The first kappa shape index (κ1) is 24.9. The Kier molecular flexibility index (Phi) is 8.20. The molecule has 0 saturated carbocycles.